The molecule has 92 valence electrons. The quantitative estimate of drug-likeness (QED) is 0.833. The van der Waals surface area contributed by atoms with Gasteiger partial charge in [0.15, 0.2) is 0 Å². The van der Waals surface area contributed by atoms with Gasteiger partial charge >= 0.3 is 0 Å². The molecular formula is C12H15BrN2S2. The van der Waals surface area contributed by atoms with Crippen molar-refractivity contribution in [2.45, 2.75) is 18.9 Å². The highest BCUT2D eigenvalue weighted by Gasteiger charge is 2.15. The summed E-state index contributed by atoms with van der Waals surface area (Å²) in [7, 11) is 0. The normalized spacial score (nSPS) is 19.9. The highest BCUT2D eigenvalue weighted by Crippen LogP contribution is 2.25. The van der Waals surface area contributed by atoms with E-state index in [1.807, 2.05) is 30.0 Å². The van der Waals surface area contributed by atoms with E-state index in [1.165, 1.54) is 18.6 Å². The number of thioether (sulfide) groups is 1. The molecule has 0 aromatic heterocycles. The molecule has 2 nitrogen and oxygen atoms in total. The molecule has 5 heteroatoms. The van der Waals surface area contributed by atoms with Crippen LogP contribution in [0, 0.1) is 0 Å². The number of benzene rings is 1. The Hall–Kier alpha value is -0.260. The third kappa shape index (κ3) is 3.60. The van der Waals surface area contributed by atoms with Crippen LogP contribution in [0.25, 0.3) is 0 Å². The van der Waals surface area contributed by atoms with Crippen LogP contribution in [0.4, 0.5) is 5.69 Å². The smallest absolute Gasteiger partial charge is 0.106 e. The molecule has 1 aliphatic heterocycles. The van der Waals surface area contributed by atoms with Gasteiger partial charge in [0.2, 0.25) is 0 Å². The van der Waals surface area contributed by atoms with E-state index in [0.29, 0.717) is 11.0 Å². The summed E-state index contributed by atoms with van der Waals surface area (Å²) in [6.45, 7) is 0. The summed E-state index contributed by atoms with van der Waals surface area (Å²) in [5.74, 6) is 2.43. The summed E-state index contributed by atoms with van der Waals surface area (Å²) in [4.78, 5) is 0.448. The van der Waals surface area contributed by atoms with Crippen molar-refractivity contribution in [1.82, 2.24) is 0 Å². The highest BCUT2D eigenvalue weighted by molar-refractivity contribution is 9.10. The minimum Gasteiger partial charge on any atom is -0.389 e. The van der Waals surface area contributed by atoms with Gasteiger partial charge in [-0.15, -0.1) is 0 Å². The minimum atomic E-state index is 0.448. The van der Waals surface area contributed by atoms with Crippen molar-refractivity contribution < 1.29 is 0 Å². The molecule has 1 saturated heterocycles. The Morgan fingerprint density at radius 2 is 2.35 bits per heavy atom. The van der Waals surface area contributed by atoms with Crippen LogP contribution in [-0.2, 0) is 0 Å². The molecule has 3 N–H and O–H groups in total. The molecule has 0 amide bonds. The maximum absolute atomic E-state index is 5.74. The lowest BCUT2D eigenvalue weighted by Crippen LogP contribution is -2.27. The lowest BCUT2D eigenvalue weighted by Gasteiger charge is -2.24. The Balaban J connectivity index is 2.17. The van der Waals surface area contributed by atoms with E-state index in [0.717, 1.165) is 21.5 Å². The molecule has 0 aliphatic carbocycles. The molecule has 1 aromatic carbocycles. The van der Waals surface area contributed by atoms with Gasteiger partial charge in [0.1, 0.15) is 4.99 Å². The van der Waals surface area contributed by atoms with Crippen LogP contribution in [0.2, 0.25) is 0 Å². The number of halogens is 1. The first-order chi connectivity index (χ1) is 8.16. The van der Waals surface area contributed by atoms with Gasteiger partial charge in [-0.1, -0.05) is 28.1 Å². The Bertz CT molecular complexity index is 417. The molecule has 0 saturated carbocycles. The Labute approximate surface area is 120 Å². The van der Waals surface area contributed by atoms with Gasteiger partial charge in [-0.05, 0) is 36.8 Å². The second kappa shape index (κ2) is 6.07. The summed E-state index contributed by atoms with van der Waals surface area (Å²) in [6, 6.07) is 6.50. The highest BCUT2D eigenvalue weighted by atomic mass is 79.9. The first-order valence-corrected chi connectivity index (χ1v) is 7.96. The number of thiocarbonyl (C=S) groups is 1. The second-order valence-electron chi connectivity index (χ2n) is 4.11. The number of nitrogens with one attached hydrogen (secondary N) is 1. The van der Waals surface area contributed by atoms with Crippen molar-refractivity contribution in [3.05, 3.63) is 28.2 Å². The van der Waals surface area contributed by atoms with E-state index >= 15 is 0 Å². The largest absolute Gasteiger partial charge is 0.389 e. The van der Waals surface area contributed by atoms with Crippen molar-refractivity contribution in [1.29, 1.82) is 0 Å². The standard InChI is InChI=1S/C12H15BrN2S2/c13-8-3-4-10(12(14)16)11(6-8)15-9-2-1-5-17-7-9/h3-4,6,9,15H,1-2,5,7H2,(H2,14,16). The Kier molecular flexibility index (Phi) is 4.70. The van der Waals surface area contributed by atoms with Crippen LogP contribution in [0.1, 0.15) is 18.4 Å². The van der Waals surface area contributed by atoms with E-state index in [9.17, 15) is 0 Å². The molecule has 1 heterocycles. The van der Waals surface area contributed by atoms with Gasteiger partial charge < -0.3 is 11.1 Å². The van der Waals surface area contributed by atoms with Crippen molar-refractivity contribution >= 4 is 50.6 Å². The van der Waals surface area contributed by atoms with Crippen molar-refractivity contribution in [3.8, 4) is 0 Å². The summed E-state index contributed by atoms with van der Waals surface area (Å²) in [5, 5.41) is 3.55. The van der Waals surface area contributed by atoms with E-state index in [1.54, 1.807) is 0 Å². The second-order valence-corrected chi connectivity index (χ2v) is 6.62. The first-order valence-electron chi connectivity index (χ1n) is 5.60. The van der Waals surface area contributed by atoms with Crippen LogP contribution in [0.5, 0.6) is 0 Å². The lowest BCUT2D eigenvalue weighted by molar-refractivity contribution is 0.685. The van der Waals surface area contributed by atoms with Crippen LogP contribution in [-0.4, -0.2) is 22.5 Å². The molecular weight excluding hydrogens is 316 g/mol. The monoisotopic (exact) mass is 330 g/mol. The predicted octanol–water partition coefficient (Wildman–Crippen LogP) is 3.39. The molecule has 2 rings (SSSR count). The van der Waals surface area contributed by atoms with Gasteiger partial charge in [0.25, 0.3) is 0 Å². The fourth-order valence-corrected chi connectivity index (χ4v) is 3.54. The molecule has 17 heavy (non-hydrogen) atoms. The Morgan fingerprint density at radius 3 is 3.00 bits per heavy atom. The number of anilines is 1. The van der Waals surface area contributed by atoms with E-state index in [4.69, 9.17) is 18.0 Å². The van der Waals surface area contributed by atoms with Crippen molar-refractivity contribution in [3.63, 3.8) is 0 Å². The van der Waals surface area contributed by atoms with Crippen molar-refractivity contribution in [2.24, 2.45) is 5.73 Å². The first kappa shape index (κ1) is 13.2. The van der Waals surface area contributed by atoms with Gasteiger partial charge in [0, 0.05) is 27.5 Å². The number of hydrogen-bond acceptors (Lipinski definition) is 3. The topological polar surface area (TPSA) is 38.0 Å². The Morgan fingerprint density at radius 1 is 1.53 bits per heavy atom. The minimum absolute atomic E-state index is 0.448. The summed E-state index contributed by atoms with van der Waals surface area (Å²) >= 11 is 10.6. The maximum atomic E-state index is 5.74. The third-order valence-electron chi connectivity index (χ3n) is 2.77. The average Bonchev–Trinajstić information content (AvgIpc) is 2.30. The molecule has 1 unspecified atom stereocenters. The zero-order chi connectivity index (χ0) is 12.3. The molecule has 0 bridgehead atoms. The zero-order valence-electron chi connectivity index (χ0n) is 9.41. The predicted molar refractivity (Wildman–Crippen MR) is 84.0 cm³/mol. The number of rotatable bonds is 3. The third-order valence-corrected chi connectivity index (χ3v) is 4.70. The summed E-state index contributed by atoms with van der Waals surface area (Å²) < 4.78 is 1.04. The van der Waals surface area contributed by atoms with Crippen LogP contribution >= 0.6 is 39.9 Å². The van der Waals surface area contributed by atoms with E-state index < -0.39 is 0 Å². The SMILES string of the molecule is NC(=S)c1ccc(Br)cc1NC1CCCSC1. The van der Waals surface area contributed by atoms with E-state index in [-0.39, 0.29) is 0 Å². The number of hydrogen-bond donors (Lipinski definition) is 2. The molecule has 1 aromatic rings. The fraction of sp³-hybridized carbons (Fsp3) is 0.417. The molecule has 0 radical (unpaired) electrons. The fourth-order valence-electron chi connectivity index (χ4n) is 1.93. The van der Waals surface area contributed by atoms with Crippen LogP contribution in [0.3, 0.4) is 0 Å². The molecule has 0 spiro atoms. The van der Waals surface area contributed by atoms with E-state index in [2.05, 4.69) is 21.2 Å². The number of nitrogens with two attached hydrogens (primary N) is 1. The summed E-state index contributed by atoms with van der Waals surface area (Å²) in [5.41, 5.74) is 7.71. The summed E-state index contributed by atoms with van der Waals surface area (Å²) in [6.07, 6.45) is 2.50. The molecule has 1 atom stereocenters. The van der Waals surface area contributed by atoms with Gasteiger partial charge in [-0.2, -0.15) is 11.8 Å². The van der Waals surface area contributed by atoms with Crippen molar-refractivity contribution in [2.75, 3.05) is 16.8 Å². The van der Waals surface area contributed by atoms with Gasteiger partial charge in [-0.25, -0.2) is 0 Å². The van der Waals surface area contributed by atoms with Gasteiger partial charge in [-0.3, -0.25) is 0 Å². The molecule has 1 aliphatic rings. The zero-order valence-corrected chi connectivity index (χ0v) is 12.6. The molecule has 1 fully saturated rings. The van der Waals surface area contributed by atoms with Crippen LogP contribution in [0.15, 0.2) is 22.7 Å². The lowest BCUT2D eigenvalue weighted by atomic mass is 10.1. The average molecular weight is 331 g/mol. The van der Waals surface area contributed by atoms with Crippen LogP contribution < -0.4 is 11.1 Å². The maximum Gasteiger partial charge on any atom is 0.106 e. The van der Waals surface area contributed by atoms with Gasteiger partial charge in [0.05, 0.1) is 0 Å².